The first-order valence-electron chi connectivity index (χ1n) is 11.2. The first-order chi connectivity index (χ1) is 16.1. The van der Waals surface area contributed by atoms with Gasteiger partial charge in [0.1, 0.15) is 25.6 Å². The van der Waals surface area contributed by atoms with Crippen LogP contribution in [0.1, 0.15) is 34.7 Å². The van der Waals surface area contributed by atoms with E-state index in [1.807, 2.05) is 36.4 Å². The molecule has 0 saturated heterocycles. The third-order valence-corrected chi connectivity index (χ3v) is 5.31. The molecular formula is C28H28O5. The number of esters is 1. The Labute approximate surface area is 194 Å². The zero-order valence-electron chi connectivity index (χ0n) is 19.0. The molecule has 5 nitrogen and oxygen atoms in total. The summed E-state index contributed by atoms with van der Waals surface area (Å²) >= 11 is 0. The maximum Gasteiger partial charge on any atom is 0.330 e. The molecule has 33 heavy (non-hydrogen) atoms. The predicted molar refractivity (Wildman–Crippen MR) is 128 cm³/mol. The summed E-state index contributed by atoms with van der Waals surface area (Å²) in [4.78, 5) is 11.5. The van der Waals surface area contributed by atoms with Crippen LogP contribution in [-0.4, -0.2) is 25.8 Å². The van der Waals surface area contributed by atoms with Crippen molar-refractivity contribution in [3.8, 4) is 17.2 Å². The summed E-state index contributed by atoms with van der Waals surface area (Å²) in [5.41, 5.74) is 5.42. The summed E-state index contributed by atoms with van der Waals surface area (Å²) < 4.78 is 22.7. The second-order valence-corrected chi connectivity index (χ2v) is 7.88. The molecule has 0 radical (unpaired) electrons. The van der Waals surface area contributed by atoms with Crippen LogP contribution in [0.2, 0.25) is 0 Å². The zero-order chi connectivity index (χ0) is 23.0. The molecule has 1 aliphatic heterocycles. The zero-order valence-corrected chi connectivity index (χ0v) is 19.0. The number of ether oxygens (including phenoxy) is 4. The summed E-state index contributed by atoms with van der Waals surface area (Å²) in [5.74, 6) is 1.90. The Kier molecular flexibility index (Phi) is 7.30. The van der Waals surface area contributed by atoms with Crippen LogP contribution in [0.15, 0.2) is 66.7 Å². The second kappa shape index (κ2) is 10.7. The first-order valence-corrected chi connectivity index (χ1v) is 11.2. The lowest BCUT2D eigenvalue weighted by Gasteiger charge is -2.21. The van der Waals surface area contributed by atoms with Gasteiger partial charge in [-0.15, -0.1) is 0 Å². The number of carbonyl (C=O) groups excluding carboxylic acids is 1. The van der Waals surface area contributed by atoms with Crippen LogP contribution in [-0.2, 0) is 22.6 Å². The maximum absolute atomic E-state index is 11.5. The van der Waals surface area contributed by atoms with E-state index in [4.69, 9.17) is 18.9 Å². The highest BCUT2D eigenvalue weighted by atomic mass is 16.6. The number of hydrogen-bond acceptors (Lipinski definition) is 5. The van der Waals surface area contributed by atoms with E-state index in [0.29, 0.717) is 38.6 Å². The first kappa shape index (κ1) is 22.5. The molecule has 0 saturated carbocycles. The van der Waals surface area contributed by atoms with Crippen molar-refractivity contribution in [2.75, 3.05) is 19.8 Å². The molecule has 5 heteroatoms. The van der Waals surface area contributed by atoms with Crippen LogP contribution >= 0.6 is 0 Å². The van der Waals surface area contributed by atoms with Gasteiger partial charge in [0.05, 0.1) is 6.61 Å². The number of aryl methyl sites for hydroxylation is 1. The van der Waals surface area contributed by atoms with Gasteiger partial charge in [-0.25, -0.2) is 4.79 Å². The van der Waals surface area contributed by atoms with E-state index in [2.05, 4.69) is 31.2 Å². The van der Waals surface area contributed by atoms with Crippen LogP contribution in [0.5, 0.6) is 17.2 Å². The van der Waals surface area contributed by atoms with Gasteiger partial charge >= 0.3 is 5.97 Å². The lowest BCUT2D eigenvalue weighted by molar-refractivity contribution is -0.137. The SMILES string of the molecule is CCOC(=O)C=Cc1ccc(Cc2cc3c(cc2OCc2ccc(C)cc2)OCCO3)cc1. The Bertz CT molecular complexity index is 1110. The van der Waals surface area contributed by atoms with Crippen molar-refractivity contribution in [3.05, 3.63) is 94.6 Å². The summed E-state index contributed by atoms with van der Waals surface area (Å²) in [6, 6.07) is 20.3. The molecule has 0 spiro atoms. The molecule has 1 aliphatic rings. The van der Waals surface area contributed by atoms with Crippen LogP contribution in [0, 0.1) is 6.92 Å². The molecule has 3 aromatic carbocycles. The Balaban J connectivity index is 1.51. The van der Waals surface area contributed by atoms with Crippen molar-refractivity contribution in [2.45, 2.75) is 26.9 Å². The van der Waals surface area contributed by atoms with E-state index in [9.17, 15) is 4.79 Å². The molecule has 4 rings (SSSR count). The van der Waals surface area contributed by atoms with E-state index < -0.39 is 0 Å². The minimum atomic E-state index is -0.340. The van der Waals surface area contributed by atoms with Crippen molar-refractivity contribution in [1.82, 2.24) is 0 Å². The third-order valence-electron chi connectivity index (χ3n) is 5.31. The molecule has 3 aromatic rings. The van der Waals surface area contributed by atoms with Crippen molar-refractivity contribution in [2.24, 2.45) is 0 Å². The van der Waals surface area contributed by atoms with Gasteiger partial charge in [0.25, 0.3) is 0 Å². The fourth-order valence-corrected chi connectivity index (χ4v) is 3.55. The van der Waals surface area contributed by atoms with Gasteiger partial charge in [0.15, 0.2) is 11.5 Å². The average Bonchev–Trinajstić information content (AvgIpc) is 2.83. The van der Waals surface area contributed by atoms with Crippen molar-refractivity contribution < 1.29 is 23.7 Å². The molecule has 1 heterocycles. The topological polar surface area (TPSA) is 54.0 Å². The fraction of sp³-hybridized carbons (Fsp3) is 0.250. The minimum Gasteiger partial charge on any atom is -0.488 e. The highest BCUT2D eigenvalue weighted by molar-refractivity contribution is 5.87. The molecule has 0 aliphatic carbocycles. The van der Waals surface area contributed by atoms with Gasteiger partial charge in [0, 0.05) is 24.1 Å². The molecule has 0 atom stereocenters. The van der Waals surface area contributed by atoms with Crippen LogP contribution in [0.25, 0.3) is 6.08 Å². The van der Waals surface area contributed by atoms with Gasteiger partial charge in [-0.2, -0.15) is 0 Å². The molecule has 0 N–H and O–H groups in total. The average molecular weight is 445 g/mol. The lowest BCUT2D eigenvalue weighted by Crippen LogP contribution is -2.16. The summed E-state index contributed by atoms with van der Waals surface area (Å²) in [6.07, 6.45) is 3.88. The van der Waals surface area contributed by atoms with Crippen LogP contribution in [0.4, 0.5) is 0 Å². The number of carbonyl (C=O) groups is 1. The number of benzene rings is 3. The normalized spacial score (nSPS) is 12.5. The van der Waals surface area contributed by atoms with E-state index in [-0.39, 0.29) is 5.97 Å². The molecule has 170 valence electrons. The molecule has 0 bridgehead atoms. The third kappa shape index (κ3) is 6.16. The molecular weight excluding hydrogens is 416 g/mol. The van der Waals surface area contributed by atoms with Crippen LogP contribution in [0.3, 0.4) is 0 Å². The van der Waals surface area contributed by atoms with Gasteiger partial charge < -0.3 is 18.9 Å². The van der Waals surface area contributed by atoms with Crippen molar-refractivity contribution in [1.29, 1.82) is 0 Å². The highest BCUT2D eigenvalue weighted by Crippen LogP contribution is 2.38. The minimum absolute atomic E-state index is 0.340. The highest BCUT2D eigenvalue weighted by Gasteiger charge is 2.17. The van der Waals surface area contributed by atoms with E-state index in [1.54, 1.807) is 13.0 Å². The van der Waals surface area contributed by atoms with E-state index in [0.717, 1.165) is 33.8 Å². The predicted octanol–water partition coefficient (Wildman–Crippen LogP) is 5.51. The smallest absolute Gasteiger partial charge is 0.330 e. The Morgan fingerprint density at radius 3 is 2.30 bits per heavy atom. The number of fused-ring (bicyclic) bond motifs is 1. The van der Waals surface area contributed by atoms with Gasteiger partial charge in [-0.05, 0) is 42.7 Å². The number of rotatable bonds is 8. The van der Waals surface area contributed by atoms with Crippen molar-refractivity contribution >= 4 is 12.0 Å². The summed E-state index contributed by atoms with van der Waals surface area (Å²) in [5, 5.41) is 0. The summed E-state index contributed by atoms with van der Waals surface area (Å²) in [6.45, 7) is 5.77. The molecule has 0 unspecified atom stereocenters. The van der Waals surface area contributed by atoms with Crippen LogP contribution < -0.4 is 14.2 Å². The van der Waals surface area contributed by atoms with E-state index in [1.165, 1.54) is 11.6 Å². The molecule has 0 fully saturated rings. The van der Waals surface area contributed by atoms with Gasteiger partial charge in [0.2, 0.25) is 0 Å². The summed E-state index contributed by atoms with van der Waals surface area (Å²) in [7, 11) is 0. The van der Waals surface area contributed by atoms with Gasteiger partial charge in [-0.1, -0.05) is 54.1 Å². The molecule has 0 aromatic heterocycles. The second-order valence-electron chi connectivity index (χ2n) is 7.88. The fourth-order valence-electron chi connectivity index (χ4n) is 3.55. The molecule has 0 amide bonds. The van der Waals surface area contributed by atoms with E-state index >= 15 is 0 Å². The lowest BCUT2D eigenvalue weighted by atomic mass is 10.0. The Morgan fingerprint density at radius 1 is 0.939 bits per heavy atom. The maximum atomic E-state index is 11.5. The quantitative estimate of drug-likeness (QED) is 0.339. The Morgan fingerprint density at radius 2 is 1.61 bits per heavy atom. The Hall–Kier alpha value is -3.73. The van der Waals surface area contributed by atoms with Gasteiger partial charge in [-0.3, -0.25) is 0 Å². The largest absolute Gasteiger partial charge is 0.488 e. The standard InChI is InChI=1S/C28H28O5/c1-3-30-28(29)13-12-21-8-10-22(11-9-21)16-24-17-26-27(32-15-14-31-26)18-25(24)33-19-23-6-4-20(2)5-7-23/h4-13,17-18H,3,14-16,19H2,1-2H3. The monoisotopic (exact) mass is 444 g/mol. The number of hydrogen-bond donors (Lipinski definition) is 0. The van der Waals surface area contributed by atoms with Crippen molar-refractivity contribution in [3.63, 3.8) is 0 Å².